The Labute approximate surface area is 112 Å². The van der Waals surface area contributed by atoms with Crippen molar-refractivity contribution in [2.45, 2.75) is 24.2 Å². The number of nitrogens with one attached hydrogen (secondary N) is 1. The van der Waals surface area contributed by atoms with E-state index in [0.29, 0.717) is 19.0 Å². The fourth-order valence-electron chi connectivity index (χ4n) is 2.53. The Morgan fingerprint density at radius 3 is 2.79 bits per heavy atom. The molecule has 0 amide bonds. The summed E-state index contributed by atoms with van der Waals surface area (Å²) >= 11 is 0. The number of hydrogen-bond donors (Lipinski definition) is 2. The van der Waals surface area contributed by atoms with E-state index in [0.717, 1.165) is 37.7 Å². The highest BCUT2D eigenvalue weighted by Crippen LogP contribution is 2.30. The molecule has 2 unspecified atom stereocenters. The predicted molar refractivity (Wildman–Crippen MR) is 69.3 cm³/mol. The Balaban J connectivity index is 2.02. The van der Waals surface area contributed by atoms with Gasteiger partial charge in [-0.2, -0.15) is 0 Å². The molecule has 1 saturated carbocycles. The van der Waals surface area contributed by atoms with Gasteiger partial charge in [-0.05, 0) is 37.3 Å². The van der Waals surface area contributed by atoms with E-state index in [2.05, 4.69) is 9.71 Å². The Morgan fingerprint density at radius 1 is 1.37 bits per heavy atom. The smallest absolute Gasteiger partial charge is 0.242 e. The second-order valence-corrected chi connectivity index (χ2v) is 6.64. The lowest BCUT2D eigenvalue weighted by Crippen LogP contribution is -2.33. The number of hydrogen-bond acceptors (Lipinski definition) is 4. The Kier molecular flexibility index (Phi) is 4.49. The molecule has 0 radical (unpaired) electrons. The van der Waals surface area contributed by atoms with Gasteiger partial charge in [-0.3, -0.25) is 4.98 Å². The summed E-state index contributed by atoms with van der Waals surface area (Å²) in [6, 6.07) is 0.963. The van der Waals surface area contributed by atoms with Crippen molar-refractivity contribution < 1.29 is 12.8 Å². The minimum Gasteiger partial charge on any atom is -0.330 e. The van der Waals surface area contributed by atoms with E-state index in [4.69, 9.17) is 5.73 Å². The zero-order valence-corrected chi connectivity index (χ0v) is 11.4. The second kappa shape index (κ2) is 5.94. The van der Waals surface area contributed by atoms with Crippen LogP contribution in [0.1, 0.15) is 19.3 Å². The van der Waals surface area contributed by atoms with Crippen LogP contribution in [0, 0.1) is 17.7 Å². The highest BCUT2D eigenvalue weighted by molar-refractivity contribution is 7.89. The first-order valence-electron chi connectivity index (χ1n) is 6.33. The molecule has 1 fully saturated rings. The molecule has 2 atom stereocenters. The van der Waals surface area contributed by atoms with Crippen LogP contribution in [0.25, 0.3) is 0 Å². The number of halogens is 1. The Morgan fingerprint density at radius 2 is 2.11 bits per heavy atom. The Hall–Kier alpha value is -1.05. The van der Waals surface area contributed by atoms with Gasteiger partial charge in [-0.25, -0.2) is 17.5 Å². The van der Waals surface area contributed by atoms with Crippen molar-refractivity contribution in [3.8, 4) is 0 Å². The predicted octanol–water partition coefficient (Wildman–Crippen LogP) is 0.874. The molecule has 3 N–H and O–H groups in total. The molecule has 2 rings (SSSR count). The van der Waals surface area contributed by atoms with E-state index < -0.39 is 15.8 Å². The maximum absolute atomic E-state index is 13.0. The molecule has 106 valence electrons. The molecule has 19 heavy (non-hydrogen) atoms. The lowest BCUT2D eigenvalue weighted by molar-refractivity contribution is 0.393. The number of nitrogens with zero attached hydrogens (tertiary/aromatic N) is 1. The van der Waals surface area contributed by atoms with Crippen LogP contribution in [0.4, 0.5) is 4.39 Å². The van der Waals surface area contributed by atoms with Crippen molar-refractivity contribution in [1.29, 1.82) is 0 Å². The largest absolute Gasteiger partial charge is 0.330 e. The van der Waals surface area contributed by atoms with Gasteiger partial charge >= 0.3 is 0 Å². The summed E-state index contributed by atoms with van der Waals surface area (Å²) in [7, 11) is -3.70. The summed E-state index contributed by atoms with van der Waals surface area (Å²) < 4.78 is 39.5. The first-order valence-corrected chi connectivity index (χ1v) is 7.81. The van der Waals surface area contributed by atoms with Crippen LogP contribution in [0.15, 0.2) is 23.4 Å². The van der Waals surface area contributed by atoms with Gasteiger partial charge in [0.25, 0.3) is 0 Å². The summed E-state index contributed by atoms with van der Waals surface area (Å²) in [6.07, 6.45) is 5.22. The summed E-state index contributed by atoms with van der Waals surface area (Å²) in [5, 5.41) is 0. The van der Waals surface area contributed by atoms with E-state index in [9.17, 15) is 12.8 Å². The first-order chi connectivity index (χ1) is 9.03. The van der Waals surface area contributed by atoms with Crippen LogP contribution in [-0.4, -0.2) is 26.5 Å². The van der Waals surface area contributed by atoms with E-state index in [1.54, 1.807) is 0 Å². The van der Waals surface area contributed by atoms with Gasteiger partial charge in [-0.1, -0.05) is 6.42 Å². The van der Waals surface area contributed by atoms with Gasteiger partial charge < -0.3 is 5.73 Å². The van der Waals surface area contributed by atoms with E-state index in [-0.39, 0.29) is 10.8 Å². The lowest BCUT2D eigenvalue weighted by Gasteiger charge is -2.18. The minimum atomic E-state index is -3.70. The molecular weight excluding hydrogens is 269 g/mol. The molecule has 1 aliphatic rings. The minimum absolute atomic E-state index is 0.144. The molecule has 1 aromatic heterocycles. The fraction of sp³-hybridized carbons (Fsp3) is 0.583. The highest BCUT2D eigenvalue weighted by Gasteiger charge is 2.27. The first kappa shape index (κ1) is 14.4. The summed E-state index contributed by atoms with van der Waals surface area (Å²) in [6.45, 7) is 0.925. The molecule has 5 nitrogen and oxygen atoms in total. The molecule has 0 saturated heterocycles. The fourth-order valence-corrected chi connectivity index (χ4v) is 3.60. The third kappa shape index (κ3) is 3.49. The van der Waals surface area contributed by atoms with Crippen LogP contribution in [-0.2, 0) is 10.0 Å². The molecular formula is C12H18FN3O2S. The van der Waals surface area contributed by atoms with Crippen LogP contribution < -0.4 is 10.5 Å². The normalized spacial score (nSPS) is 23.7. The van der Waals surface area contributed by atoms with Crippen molar-refractivity contribution in [2.75, 3.05) is 13.1 Å². The second-order valence-electron chi connectivity index (χ2n) is 4.88. The average molecular weight is 287 g/mol. The lowest BCUT2D eigenvalue weighted by atomic mass is 9.97. The zero-order chi connectivity index (χ0) is 13.9. The average Bonchev–Trinajstić information content (AvgIpc) is 2.84. The number of nitrogens with two attached hydrogens (primary N) is 1. The van der Waals surface area contributed by atoms with Gasteiger partial charge in [0.15, 0.2) is 0 Å². The van der Waals surface area contributed by atoms with Crippen LogP contribution in [0.5, 0.6) is 0 Å². The van der Waals surface area contributed by atoms with Crippen LogP contribution in [0.2, 0.25) is 0 Å². The van der Waals surface area contributed by atoms with E-state index in [1.807, 2.05) is 0 Å². The molecule has 1 heterocycles. The number of aromatic nitrogens is 1. The van der Waals surface area contributed by atoms with Gasteiger partial charge in [0.05, 0.1) is 6.20 Å². The number of pyridine rings is 1. The maximum Gasteiger partial charge on any atom is 0.242 e. The number of sulfonamides is 1. The van der Waals surface area contributed by atoms with Crippen LogP contribution >= 0.6 is 0 Å². The van der Waals surface area contributed by atoms with Crippen molar-refractivity contribution in [1.82, 2.24) is 9.71 Å². The van der Waals surface area contributed by atoms with Crippen molar-refractivity contribution in [3.63, 3.8) is 0 Å². The van der Waals surface area contributed by atoms with E-state index >= 15 is 0 Å². The molecule has 1 aliphatic carbocycles. The van der Waals surface area contributed by atoms with E-state index in [1.165, 1.54) is 0 Å². The third-order valence-corrected chi connectivity index (χ3v) is 5.04. The molecule has 0 aromatic carbocycles. The zero-order valence-electron chi connectivity index (χ0n) is 10.5. The summed E-state index contributed by atoms with van der Waals surface area (Å²) in [5.41, 5.74) is 5.66. The van der Waals surface area contributed by atoms with Crippen molar-refractivity contribution in [2.24, 2.45) is 17.6 Å². The third-order valence-electron chi connectivity index (χ3n) is 3.64. The topological polar surface area (TPSA) is 85.1 Å². The molecule has 1 aromatic rings. The maximum atomic E-state index is 13.0. The van der Waals surface area contributed by atoms with Gasteiger partial charge in [-0.15, -0.1) is 0 Å². The SMILES string of the molecule is NCC1CCCC1CNS(=O)(=O)c1cncc(F)c1. The Bertz CT molecular complexity index is 536. The number of rotatable bonds is 5. The highest BCUT2D eigenvalue weighted by atomic mass is 32.2. The van der Waals surface area contributed by atoms with Gasteiger partial charge in [0, 0.05) is 12.7 Å². The quantitative estimate of drug-likeness (QED) is 0.841. The molecule has 7 heteroatoms. The standard InChI is InChI=1S/C12H18FN3O2S/c13-11-4-12(8-15-7-11)19(17,18)16-6-10-3-1-2-9(10)5-14/h4,7-10,16H,1-3,5-6,14H2. The molecule has 0 spiro atoms. The molecule has 0 bridgehead atoms. The monoisotopic (exact) mass is 287 g/mol. The summed E-state index contributed by atoms with van der Waals surface area (Å²) in [5.74, 6) is -0.0294. The summed E-state index contributed by atoms with van der Waals surface area (Å²) in [4.78, 5) is 3.40. The molecule has 0 aliphatic heterocycles. The van der Waals surface area contributed by atoms with Crippen molar-refractivity contribution >= 4 is 10.0 Å². The van der Waals surface area contributed by atoms with Crippen molar-refractivity contribution in [3.05, 3.63) is 24.3 Å². The van der Waals surface area contributed by atoms with Gasteiger partial charge in [0.1, 0.15) is 10.7 Å². The van der Waals surface area contributed by atoms with Crippen LogP contribution in [0.3, 0.4) is 0 Å². The van der Waals surface area contributed by atoms with Gasteiger partial charge in [0.2, 0.25) is 10.0 Å².